The Morgan fingerprint density at radius 1 is 1.56 bits per heavy atom. The number of Topliss-reactive ketones (excluding diaryl/α,β-unsaturated/α-hetero) is 1. The van der Waals surface area contributed by atoms with E-state index in [1.54, 1.807) is 0 Å². The minimum atomic E-state index is 0.0371. The first-order valence-corrected chi connectivity index (χ1v) is 5.47. The lowest BCUT2D eigenvalue weighted by molar-refractivity contribution is -0.121. The van der Waals surface area contributed by atoms with Crippen molar-refractivity contribution in [3.05, 3.63) is 24.0 Å². The second-order valence-corrected chi connectivity index (χ2v) is 3.72. The Kier molecular flexibility index (Phi) is 5.82. The average molecular weight is 225 g/mol. The fraction of sp³-hybridized carbons (Fsp3) is 0.583. The second kappa shape index (κ2) is 7.19. The van der Waals surface area contributed by atoms with E-state index in [-0.39, 0.29) is 12.4 Å². The van der Waals surface area contributed by atoms with Crippen LogP contribution in [-0.2, 0) is 14.3 Å². The molecule has 1 aliphatic carbocycles. The molecule has 1 unspecified atom stereocenters. The predicted octanol–water partition coefficient (Wildman–Crippen LogP) is 1.04. The zero-order valence-electron chi connectivity index (χ0n) is 9.86. The van der Waals surface area contributed by atoms with Crippen LogP contribution in [0.5, 0.6) is 0 Å². The molecule has 0 bridgehead atoms. The van der Waals surface area contributed by atoms with E-state index in [0.29, 0.717) is 19.3 Å². The summed E-state index contributed by atoms with van der Waals surface area (Å²) in [5, 5.41) is 3.17. The highest BCUT2D eigenvalue weighted by molar-refractivity contribution is 5.76. The number of nitrogens with one attached hydrogen (secondary N) is 1. The summed E-state index contributed by atoms with van der Waals surface area (Å²) >= 11 is 0. The van der Waals surface area contributed by atoms with Gasteiger partial charge in [0.25, 0.3) is 0 Å². The van der Waals surface area contributed by atoms with Gasteiger partial charge in [-0.3, -0.25) is 4.79 Å². The van der Waals surface area contributed by atoms with Crippen LogP contribution in [0.4, 0.5) is 0 Å². The van der Waals surface area contributed by atoms with Gasteiger partial charge in [0.1, 0.15) is 13.2 Å². The van der Waals surface area contributed by atoms with E-state index in [4.69, 9.17) is 9.47 Å². The Morgan fingerprint density at radius 3 is 3.06 bits per heavy atom. The molecule has 0 spiro atoms. The number of likely N-dealkylation sites (N-methyl/N-ethyl adjacent to an activating group) is 1. The fourth-order valence-electron chi connectivity index (χ4n) is 1.40. The lowest BCUT2D eigenvalue weighted by atomic mass is 10.1. The zero-order chi connectivity index (χ0) is 11.8. The van der Waals surface area contributed by atoms with Crippen LogP contribution in [-0.4, -0.2) is 38.7 Å². The molecule has 0 saturated carbocycles. The third-order valence-corrected chi connectivity index (χ3v) is 2.24. The molecule has 16 heavy (non-hydrogen) atoms. The van der Waals surface area contributed by atoms with E-state index in [9.17, 15) is 4.79 Å². The van der Waals surface area contributed by atoms with E-state index in [0.717, 1.165) is 12.2 Å². The maximum absolute atomic E-state index is 10.6. The Labute approximate surface area is 96.3 Å². The molecule has 4 heteroatoms. The lowest BCUT2D eigenvalue weighted by Crippen LogP contribution is -2.25. The van der Waals surface area contributed by atoms with E-state index in [1.807, 2.05) is 19.2 Å². The van der Waals surface area contributed by atoms with Crippen molar-refractivity contribution < 1.29 is 14.3 Å². The van der Waals surface area contributed by atoms with Crippen molar-refractivity contribution in [2.75, 3.05) is 26.9 Å². The van der Waals surface area contributed by atoms with Gasteiger partial charge in [-0.05, 0) is 20.0 Å². The second-order valence-electron chi connectivity index (χ2n) is 3.72. The summed E-state index contributed by atoms with van der Waals surface area (Å²) < 4.78 is 10.6. The monoisotopic (exact) mass is 225 g/mol. The van der Waals surface area contributed by atoms with E-state index in [2.05, 4.69) is 11.4 Å². The summed E-state index contributed by atoms with van der Waals surface area (Å²) in [6.45, 7) is 2.61. The number of ketones is 1. The van der Waals surface area contributed by atoms with E-state index in [1.165, 1.54) is 6.92 Å². The quantitative estimate of drug-likeness (QED) is 0.658. The predicted molar refractivity (Wildman–Crippen MR) is 62.1 cm³/mol. The smallest absolute Gasteiger partial charge is 0.155 e. The van der Waals surface area contributed by atoms with Crippen LogP contribution < -0.4 is 5.32 Å². The molecule has 1 N–H and O–H groups in total. The van der Waals surface area contributed by atoms with Gasteiger partial charge < -0.3 is 14.8 Å². The van der Waals surface area contributed by atoms with Crippen LogP contribution in [0.2, 0.25) is 0 Å². The molecule has 0 aliphatic heterocycles. The molecule has 0 saturated heterocycles. The average Bonchev–Trinajstić information content (AvgIpc) is 2.28. The van der Waals surface area contributed by atoms with Gasteiger partial charge in [0.2, 0.25) is 0 Å². The summed E-state index contributed by atoms with van der Waals surface area (Å²) in [4.78, 5) is 10.6. The number of carbonyl (C=O) groups excluding carboxylic acids is 1. The molecule has 90 valence electrons. The molecule has 1 atom stereocenters. The molecule has 0 fully saturated rings. The molecule has 0 heterocycles. The number of carbonyl (C=O) groups is 1. The molecular formula is C12H19NO3. The van der Waals surface area contributed by atoms with Crippen molar-refractivity contribution in [3.63, 3.8) is 0 Å². The highest BCUT2D eigenvalue weighted by Gasteiger charge is 2.09. The van der Waals surface area contributed by atoms with Gasteiger partial charge in [0.15, 0.2) is 5.78 Å². The highest BCUT2D eigenvalue weighted by atomic mass is 16.5. The van der Waals surface area contributed by atoms with Crippen LogP contribution >= 0.6 is 0 Å². The Balaban J connectivity index is 2.11. The number of allylic oxidation sites excluding steroid dienone is 2. The van der Waals surface area contributed by atoms with Crippen LogP contribution in [0.15, 0.2) is 24.0 Å². The first kappa shape index (κ1) is 12.9. The highest BCUT2D eigenvalue weighted by Crippen LogP contribution is 2.13. The first-order chi connectivity index (χ1) is 7.72. The molecule has 0 amide bonds. The van der Waals surface area contributed by atoms with Gasteiger partial charge in [0.05, 0.1) is 12.4 Å². The summed E-state index contributed by atoms with van der Waals surface area (Å²) in [6, 6.07) is 0.345. The van der Waals surface area contributed by atoms with Crippen LogP contribution in [0.1, 0.15) is 13.3 Å². The first-order valence-electron chi connectivity index (χ1n) is 5.47. The lowest BCUT2D eigenvalue weighted by Gasteiger charge is -2.18. The molecular weight excluding hydrogens is 206 g/mol. The van der Waals surface area contributed by atoms with Gasteiger partial charge in [0, 0.05) is 12.5 Å². The summed E-state index contributed by atoms with van der Waals surface area (Å²) in [5.74, 6) is 0.989. The van der Waals surface area contributed by atoms with E-state index >= 15 is 0 Å². The maximum atomic E-state index is 10.6. The summed E-state index contributed by atoms with van der Waals surface area (Å²) in [5.41, 5.74) is 0. The molecule has 0 aromatic carbocycles. The van der Waals surface area contributed by atoms with Crippen molar-refractivity contribution in [2.45, 2.75) is 19.4 Å². The number of hydrogen-bond acceptors (Lipinski definition) is 4. The number of rotatable bonds is 7. The van der Waals surface area contributed by atoms with Crippen molar-refractivity contribution in [2.24, 2.45) is 0 Å². The topological polar surface area (TPSA) is 47.6 Å². The van der Waals surface area contributed by atoms with Crippen molar-refractivity contribution in [1.29, 1.82) is 0 Å². The molecule has 0 radical (unpaired) electrons. The van der Waals surface area contributed by atoms with Crippen molar-refractivity contribution in [1.82, 2.24) is 5.32 Å². The van der Waals surface area contributed by atoms with Crippen molar-refractivity contribution >= 4 is 5.78 Å². The molecule has 1 aliphatic rings. The van der Waals surface area contributed by atoms with Crippen molar-refractivity contribution in [3.8, 4) is 0 Å². The normalized spacial score (nSPS) is 19.4. The standard InChI is InChI=1S/C12H19NO3/c1-10(14)9-15-6-7-16-12-5-3-4-11(8-12)13-2/h3-5,11,13H,6-9H2,1-2H3. The Morgan fingerprint density at radius 2 is 2.38 bits per heavy atom. The van der Waals surface area contributed by atoms with Gasteiger partial charge in [-0.15, -0.1) is 0 Å². The fourth-order valence-corrected chi connectivity index (χ4v) is 1.40. The largest absolute Gasteiger partial charge is 0.495 e. The Hall–Kier alpha value is -1.13. The summed E-state index contributed by atoms with van der Waals surface area (Å²) in [6.07, 6.45) is 6.90. The molecule has 0 aromatic rings. The minimum absolute atomic E-state index is 0.0371. The third kappa shape index (κ3) is 5.09. The van der Waals surface area contributed by atoms with Gasteiger partial charge in [-0.25, -0.2) is 0 Å². The van der Waals surface area contributed by atoms with Crippen LogP contribution in [0.3, 0.4) is 0 Å². The molecule has 4 nitrogen and oxygen atoms in total. The Bertz CT molecular complexity index is 284. The van der Waals surface area contributed by atoms with Gasteiger partial charge >= 0.3 is 0 Å². The molecule has 1 rings (SSSR count). The summed E-state index contributed by atoms with van der Waals surface area (Å²) in [7, 11) is 1.92. The number of hydrogen-bond donors (Lipinski definition) is 1. The SMILES string of the molecule is CNC1C=CC=C(OCCOCC(C)=O)C1. The van der Waals surface area contributed by atoms with Gasteiger partial charge in [-0.2, -0.15) is 0 Å². The third-order valence-electron chi connectivity index (χ3n) is 2.24. The molecule has 0 aromatic heterocycles. The van der Waals surface area contributed by atoms with Crippen LogP contribution in [0, 0.1) is 0 Å². The number of ether oxygens (including phenoxy) is 2. The zero-order valence-corrected chi connectivity index (χ0v) is 9.86. The van der Waals surface area contributed by atoms with Gasteiger partial charge in [-0.1, -0.05) is 12.2 Å². The maximum Gasteiger partial charge on any atom is 0.155 e. The van der Waals surface area contributed by atoms with Crippen LogP contribution in [0.25, 0.3) is 0 Å². The van der Waals surface area contributed by atoms with E-state index < -0.39 is 0 Å². The minimum Gasteiger partial charge on any atom is -0.495 e.